The Hall–Kier alpha value is -1.62. The van der Waals surface area contributed by atoms with Crippen molar-refractivity contribution in [2.45, 2.75) is 18.9 Å². The van der Waals surface area contributed by atoms with Crippen molar-refractivity contribution in [3.63, 3.8) is 0 Å². The molecule has 4 nitrogen and oxygen atoms in total. The lowest BCUT2D eigenvalue weighted by Gasteiger charge is -2.00. The molecule has 2 aromatic rings. The maximum Gasteiger partial charge on any atom is 0.120 e. The fourth-order valence-electron chi connectivity index (χ4n) is 2.06. The van der Waals surface area contributed by atoms with E-state index in [1.807, 2.05) is 12.3 Å². The molecule has 1 N–H and O–H groups in total. The monoisotopic (exact) mass is 259 g/mol. The summed E-state index contributed by atoms with van der Waals surface area (Å²) in [5.74, 6) is 0.979. The molecule has 0 fully saturated rings. The summed E-state index contributed by atoms with van der Waals surface area (Å²) in [6, 6.07) is 6.48. The number of thioether (sulfide) groups is 1. The molecule has 0 aliphatic carbocycles. The zero-order valence-electron chi connectivity index (χ0n) is 9.80. The standard InChI is InChI=1S/C13H13N3OS/c17-5-1-2-11-8-18-13(15-11)9-3-4-12-10(6-9)7-14-16-12/h3-7,11H,1-2,8H2,(H,14,16). The van der Waals surface area contributed by atoms with Crippen LogP contribution in [0.15, 0.2) is 29.4 Å². The van der Waals surface area contributed by atoms with E-state index in [0.29, 0.717) is 6.42 Å². The van der Waals surface area contributed by atoms with Gasteiger partial charge in [-0.15, -0.1) is 11.8 Å². The largest absolute Gasteiger partial charge is 0.303 e. The predicted octanol–water partition coefficient (Wildman–Crippen LogP) is 2.40. The van der Waals surface area contributed by atoms with E-state index in [0.717, 1.165) is 40.0 Å². The van der Waals surface area contributed by atoms with Crippen LogP contribution in [0.1, 0.15) is 18.4 Å². The Labute approximate surface area is 109 Å². The third-order valence-electron chi connectivity index (χ3n) is 3.02. The number of aldehydes is 1. The molecule has 1 aromatic heterocycles. The number of rotatable bonds is 4. The van der Waals surface area contributed by atoms with Gasteiger partial charge in [-0.05, 0) is 18.6 Å². The van der Waals surface area contributed by atoms with Crippen molar-refractivity contribution >= 4 is 34.0 Å². The third kappa shape index (κ3) is 2.18. The molecule has 0 spiro atoms. The fourth-order valence-corrected chi connectivity index (χ4v) is 3.17. The summed E-state index contributed by atoms with van der Waals surface area (Å²) < 4.78 is 0. The first-order chi connectivity index (χ1) is 8.86. The maximum absolute atomic E-state index is 10.4. The van der Waals surface area contributed by atoms with Gasteiger partial charge in [-0.25, -0.2) is 0 Å². The highest BCUT2D eigenvalue weighted by Gasteiger charge is 2.19. The van der Waals surface area contributed by atoms with Crippen LogP contribution in [-0.2, 0) is 4.79 Å². The molecule has 3 rings (SSSR count). The summed E-state index contributed by atoms with van der Waals surface area (Å²) >= 11 is 1.77. The Morgan fingerprint density at radius 1 is 1.50 bits per heavy atom. The minimum absolute atomic E-state index is 0.287. The Kier molecular flexibility index (Phi) is 3.15. The minimum atomic E-state index is 0.287. The molecule has 92 valence electrons. The number of carbonyl (C=O) groups excluding carboxylic acids is 1. The highest BCUT2D eigenvalue weighted by atomic mass is 32.2. The lowest BCUT2D eigenvalue weighted by molar-refractivity contribution is -0.107. The van der Waals surface area contributed by atoms with Crippen molar-refractivity contribution < 1.29 is 4.79 Å². The lowest BCUT2D eigenvalue weighted by atomic mass is 10.1. The number of H-pyrrole nitrogens is 1. The van der Waals surface area contributed by atoms with Gasteiger partial charge in [0.2, 0.25) is 0 Å². The van der Waals surface area contributed by atoms with E-state index in [2.05, 4.69) is 27.3 Å². The highest BCUT2D eigenvalue weighted by Crippen LogP contribution is 2.26. The van der Waals surface area contributed by atoms with E-state index in [4.69, 9.17) is 0 Å². The van der Waals surface area contributed by atoms with E-state index in [-0.39, 0.29) is 6.04 Å². The molecule has 1 aliphatic rings. The smallest absolute Gasteiger partial charge is 0.120 e. The molecule has 0 saturated heterocycles. The number of benzene rings is 1. The van der Waals surface area contributed by atoms with Gasteiger partial charge >= 0.3 is 0 Å². The number of aromatic nitrogens is 2. The zero-order chi connectivity index (χ0) is 12.4. The molecule has 1 atom stereocenters. The summed E-state index contributed by atoms with van der Waals surface area (Å²) in [5, 5.41) is 9.13. The zero-order valence-corrected chi connectivity index (χ0v) is 10.6. The van der Waals surface area contributed by atoms with Gasteiger partial charge in [0.15, 0.2) is 0 Å². The van der Waals surface area contributed by atoms with Crippen LogP contribution in [0.4, 0.5) is 0 Å². The molecule has 2 heterocycles. The van der Waals surface area contributed by atoms with Crippen LogP contribution in [0.2, 0.25) is 0 Å². The van der Waals surface area contributed by atoms with Crippen LogP contribution in [0.5, 0.6) is 0 Å². The van der Waals surface area contributed by atoms with Gasteiger partial charge < -0.3 is 4.79 Å². The van der Waals surface area contributed by atoms with Gasteiger partial charge in [0.05, 0.1) is 22.8 Å². The van der Waals surface area contributed by atoms with E-state index in [1.54, 1.807) is 11.8 Å². The minimum Gasteiger partial charge on any atom is -0.303 e. The number of nitrogens with one attached hydrogen (secondary N) is 1. The summed E-state index contributed by atoms with van der Waals surface area (Å²) in [4.78, 5) is 15.0. The van der Waals surface area contributed by atoms with Gasteiger partial charge in [0.25, 0.3) is 0 Å². The summed E-state index contributed by atoms with van der Waals surface area (Å²) in [5.41, 5.74) is 2.18. The van der Waals surface area contributed by atoms with Crippen molar-refractivity contribution in [2.24, 2.45) is 4.99 Å². The summed E-state index contributed by atoms with van der Waals surface area (Å²) in [6.45, 7) is 0. The number of carbonyl (C=O) groups is 1. The fraction of sp³-hybridized carbons (Fsp3) is 0.308. The van der Waals surface area contributed by atoms with E-state index in [9.17, 15) is 4.79 Å². The van der Waals surface area contributed by atoms with Crippen LogP contribution in [0.25, 0.3) is 10.9 Å². The Morgan fingerprint density at radius 2 is 2.44 bits per heavy atom. The average Bonchev–Trinajstić information content (AvgIpc) is 3.04. The van der Waals surface area contributed by atoms with Gasteiger partial charge in [-0.3, -0.25) is 10.1 Å². The molecule has 5 heteroatoms. The molecular weight excluding hydrogens is 246 g/mol. The molecule has 0 saturated carbocycles. The maximum atomic E-state index is 10.4. The predicted molar refractivity (Wildman–Crippen MR) is 74.2 cm³/mol. The van der Waals surface area contributed by atoms with E-state index >= 15 is 0 Å². The second-order valence-corrected chi connectivity index (χ2v) is 5.32. The highest BCUT2D eigenvalue weighted by molar-refractivity contribution is 8.14. The Balaban J connectivity index is 1.83. The SMILES string of the molecule is O=CCCC1CSC(c2ccc3[nH]ncc3c2)=N1. The van der Waals surface area contributed by atoms with Gasteiger partial charge in [-0.1, -0.05) is 6.07 Å². The summed E-state index contributed by atoms with van der Waals surface area (Å²) in [6.07, 6.45) is 4.25. The van der Waals surface area contributed by atoms with Crippen molar-refractivity contribution in [1.82, 2.24) is 10.2 Å². The molecule has 1 aliphatic heterocycles. The summed E-state index contributed by atoms with van der Waals surface area (Å²) in [7, 11) is 0. The normalized spacial score (nSPS) is 19.1. The van der Waals surface area contributed by atoms with Crippen molar-refractivity contribution in [3.8, 4) is 0 Å². The number of aromatic amines is 1. The molecule has 0 radical (unpaired) electrons. The first-order valence-corrected chi connectivity index (χ1v) is 6.93. The third-order valence-corrected chi connectivity index (χ3v) is 4.18. The number of hydrogen-bond acceptors (Lipinski definition) is 4. The molecular formula is C13H13N3OS. The molecule has 0 amide bonds. The van der Waals surface area contributed by atoms with E-state index in [1.165, 1.54) is 0 Å². The van der Waals surface area contributed by atoms with Crippen LogP contribution in [0.3, 0.4) is 0 Å². The van der Waals surface area contributed by atoms with Crippen molar-refractivity contribution in [1.29, 1.82) is 0 Å². The quantitative estimate of drug-likeness (QED) is 0.858. The first-order valence-electron chi connectivity index (χ1n) is 5.94. The molecule has 18 heavy (non-hydrogen) atoms. The lowest BCUT2D eigenvalue weighted by Crippen LogP contribution is -2.02. The average molecular weight is 259 g/mol. The number of nitrogens with zero attached hydrogens (tertiary/aromatic N) is 2. The van der Waals surface area contributed by atoms with Crippen molar-refractivity contribution in [3.05, 3.63) is 30.0 Å². The second-order valence-electron chi connectivity index (χ2n) is 4.32. The van der Waals surface area contributed by atoms with Crippen molar-refractivity contribution in [2.75, 3.05) is 5.75 Å². The number of aliphatic imine (C=N–C) groups is 1. The van der Waals surface area contributed by atoms with Gasteiger partial charge in [0.1, 0.15) is 6.29 Å². The van der Waals surface area contributed by atoms with Crippen LogP contribution in [0, 0.1) is 0 Å². The first kappa shape index (κ1) is 11.5. The number of hydrogen-bond donors (Lipinski definition) is 1. The molecule has 0 bridgehead atoms. The van der Waals surface area contributed by atoms with E-state index < -0.39 is 0 Å². The van der Waals surface area contributed by atoms with Gasteiger partial charge in [-0.2, -0.15) is 5.10 Å². The van der Waals surface area contributed by atoms with Crippen LogP contribution >= 0.6 is 11.8 Å². The van der Waals surface area contributed by atoms with Gasteiger partial charge in [0, 0.05) is 23.1 Å². The molecule has 1 unspecified atom stereocenters. The van der Waals surface area contributed by atoms with Crippen LogP contribution < -0.4 is 0 Å². The topological polar surface area (TPSA) is 58.1 Å². The Morgan fingerprint density at radius 3 is 3.33 bits per heavy atom. The molecule has 1 aromatic carbocycles. The second kappa shape index (κ2) is 4.94. The van der Waals surface area contributed by atoms with Crippen LogP contribution in [-0.4, -0.2) is 33.3 Å². The number of fused-ring (bicyclic) bond motifs is 1. The Bertz CT molecular complexity index is 605.